The summed E-state index contributed by atoms with van der Waals surface area (Å²) in [6.45, 7) is 0.478. The zero-order chi connectivity index (χ0) is 14.1. The summed E-state index contributed by atoms with van der Waals surface area (Å²) in [5.41, 5.74) is 0.866. The van der Waals surface area contributed by atoms with Gasteiger partial charge in [-0.25, -0.2) is 9.78 Å². The zero-order valence-electron chi connectivity index (χ0n) is 10.3. The smallest absolute Gasteiger partial charge is 0.356 e. The van der Waals surface area contributed by atoms with Crippen LogP contribution in [0.25, 0.3) is 0 Å². The van der Waals surface area contributed by atoms with E-state index in [0.29, 0.717) is 12.4 Å². The van der Waals surface area contributed by atoms with Gasteiger partial charge in [-0.3, -0.25) is 0 Å². The predicted octanol–water partition coefficient (Wildman–Crippen LogP) is 2.98. The first kappa shape index (κ1) is 12.7. The van der Waals surface area contributed by atoms with Crippen LogP contribution < -0.4 is 10.1 Å². The molecule has 1 atom stereocenters. The zero-order valence-corrected chi connectivity index (χ0v) is 11.1. The number of hydrogen-bond acceptors (Lipinski definition) is 4. The molecule has 2 aromatic rings. The molecule has 1 unspecified atom stereocenters. The maximum absolute atomic E-state index is 11.0. The van der Waals surface area contributed by atoms with Crippen LogP contribution in [0.2, 0.25) is 5.02 Å². The number of ether oxygens (including phenoxy) is 1. The number of carbonyl (C=O) groups is 1. The molecule has 0 saturated carbocycles. The number of halogens is 1. The molecule has 102 valence electrons. The van der Waals surface area contributed by atoms with Crippen molar-refractivity contribution in [2.75, 3.05) is 11.9 Å². The van der Waals surface area contributed by atoms with Gasteiger partial charge >= 0.3 is 5.97 Å². The maximum Gasteiger partial charge on any atom is 0.356 e. The Bertz CT molecular complexity index is 675. The van der Waals surface area contributed by atoms with Crippen molar-refractivity contribution < 1.29 is 14.6 Å². The lowest BCUT2D eigenvalue weighted by Gasteiger charge is -2.13. The highest BCUT2D eigenvalue weighted by Gasteiger charge is 2.24. The molecule has 0 bridgehead atoms. The van der Waals surface area contributed by atoms with Crippen LogP contribution in [0.3, 0.4) is 0 Å². The summed E-state index contributed by atoms with van der Waals surface area (Å²) in [5, 5.41) is 12.3. The van der Waals surface area contributed by atoms with Gasteiger partial charge < -0.3 is 15.2 Å². The van der Waals surface area contributed by atoms with Gasteiger partial charge in [-0.1, -0.05) is 29.8 Å². The van der Waals surface area contributed by atoms with Crippen molar-refractivity contribution in [2.24, 2.45) is 0 Å². The molecule has 0 spiro atoms. The first-order valence-corrected chi connectivity index (χ1v) is 6.41. The van der Waals surface area contributed by atoms with Crippen LogP contribution in [0.1, 0.15) is 22.1 Å². The topological polar surface area (TPSA) is 71.5 Å². The van der Waals surface area contributed by atoms with Crippen molar-refractivity contribution >= 4 is 23.4 Å². The van der Waals surface area contributed by atoms with E-state index in [9.17, 15) is 4.79 Å². The number of anilines is 1. The molecule has 3 rings (SSSR count). The second-order valence-corrected chi connectivity index (χ2v) is 4.79. The third-order valence-electron chi connectivity index (χ3n) is 3.07. The molecule has 0 saturated heterocycles. The van der Waals surface area contributed by atoms with Crippen LogP contribution in [0.4, 0.5) is 5.82 Å². The molecule has 5 nitrogen and oxygen atoms in total. The summed E-state index contributed by atoms with van der Waals surface area (Å²) in [6, 6.07) is 10.8. The van der Waals surface area contributed by atoms with Gasteiger partial charge in [-0.05, 0) is 18.2 Å². The van der Waals surface area contributed by atoms with Crippen LogP contribution >= 0.6 is 11.6 Å². The SMILES string of the molecule is O=C(O)c1nc(NC2COc3ccccc32)ccc1Cl. The fraction of sp³-hybridized carbons (Fsp3) is 0.143. The fourth-order valence-corrected chi connectivity index (χ4v) is 2.32. The number of hydrogen-bond donors (Lipinski definition) is 2. The molecule has 20 heavy (non-hydrogen) atoms. The predicted molar refractivity (Wildman–Crippen MR) is 74.5 cm³/mol. The van der Waals surface area contributed by atoms with Crippen molar-refractivity contribution in [1.82, 2.24) is 4.98 Å². The summed E-state index contributed by atoms with van der Waals surface area (Å²) in [7, 11) is 0. The third-order valence-corrected chi connectivity index (χ3v) is 3.38. The largest absolute Gasteiger partial charge is 0.491 e. The van der Waals surface area contributed by atoms with Gasteiger partial charge in [-0.15, -0.1) is 0 Å². The molecular formula is C14H11ClN2O3. The lowest BCUT2D eigenvalue weighted by Crippen LogP contribution is -2.14. The summed E-state index contributed by atoms with van der Waals surface area (Å²) in [5.74, 6) is 0.135. The van der Waals surface area contributed by atoms with Crippen molar-refractivity contribution in [3.05, 3.63) is 52.7 Å². The summed E-state index contributed by atoms with van der Waals surface area (Å²) < 4.78 is 5.55. The summed E-state index contributed by atoms with van der Waals surface area (Å²) >= 11 is 5.79. The molecule has 1 aliphatic rings. The van der Waals surface area contributed by atoms with E-state index in [1.54, 1.807) is 6.07 Å². The second kappa shape index (κ2) is 5.02. The van der Waals surface area contributed by atoms with Gasteiger partial charge in [0.2, 0.25) is 0 Å². The van der Waals surface area contributed by atoms with Gasteiger partial charge in [0.1, 0.15) is 18.2 Å². The number of aromatic carboxylic acids is 1. The monoisotopic (exact) mass is 290 g/mol. The standard InChI is InChI=1S/C14H11ClN2O3/c15-9-5-6-12(17-13(9)14(18)19)16-10-7-20-11-4-2-1-3-8(10)11/h1-6,10H,7H2,(H,16,17)(H,18,19). The molecule has 2 heterocycles. The molecule has 0 aliphatic carbocycles. The number of benzene rings is 1. The Balaban J connectivity index is 1.86. The Morgan fingerprint density at radius 2 is 2.15 bits per heavy atom. The minimum absolute atomic E-state index is 0.0541. The van der Waals surface area contributed by atoms with Gasteiger partial charge in [0.05, 0.1) is 11.1 Å². The Labute approximate surface area is 120 Å². The Hall–Kier alpha value is -2.27. The lowest BCUT2D eigenvalue weighted by molar-refractivity contribution is 0.0691. The Kier molecular flexibility index (Phi) is 3.20. The van der Waals surface area contributed by atoms with Crippen LogP contribution in [-0.2, 0) is 0 Å². The quantitative estimate of drug-likeness (QED) is 0.909. The van der Waals surface area contributed by atoms with E-state index in [1.165, 1.54) is 6.07 Å². The Morgan fingerprint density at radius 3 is 2.95 bits per heavy atom. The van der Waals surface area contributed by atoms with Crippen LogP contribution in [0.5, 0.6) is 5.75 Å². The number of nitrogens with one attached hydrogen (secondary N) is 1. The van der Waals surface area contributed by atoms with Crippen LogP contribution in [0, 0.1) is 0 Å². The first-order chi connectivity index (χ1) is 9.65. The van der Waals surface area contributed by atoms with E-state index in [-0.39, 0.29) is 16.8 Å². The second-order valence-electron chi connectivity index (χ2n) is 4.38. The van der Waals surface area contributed by atoms with E-state index < -0.39 is 5.97 Å². The lowest BCUT2D eigenvalue weighted by atomic mass is 10.1. The minimum Gasteiger partial charge on any atom is -0.491 e. The number of fused-ring (bicyclic) bond motifs is 1. The van der Waals surface area contributed by atoms with Gasteiger partial charge in [0.15, 0.2) is 5.69 Å². The average molecular weight is 291 g/mol. The highest BCUT2D eigenvalue weighted by atomic mass is 35.5. The molecule has 1 aromatic heterocycles. The van der Waals surface area contributed by atoms with Crippen LogP contribution in [-0.4, -0.2) is 22.7 Å². The molecule has 1 aromatic carbocycles. The number of pyridine rings is 1. The number of para-hydroxylation sites is 1. The van der Waals surface area contributed by atoms with E-state index >= 15 is 0 Å². The number of nitrogens with zero attached hydrogens (tertiary/aromatic N) is 1. The number of rotatable bonds is 3. The maximum atomic E-state index is 11.0. The Morgan fingerprint density at radius 1 is 1.35 bits per heavy atom. The highest BCUT2D eigenvalue weighted by molar-refractivity contribution is 6.33. The highest BCUT2D eigenvalue weighted by Crippen LogP contribution is 2.33. The van der Waals surface area contributed by atoms with Crippen molar-refractivity contribution in [1.29, 1.82) is 0 Å². The van der Waals surface area contributed by atoms with Crippen molar-refractivity contribution in [3.63, 3.8) is 0 Å². The third kappa shape index (κ3) is 2.28. The molecule has 0 radical (unpaired) electrons. The van der Waals surface area contributed by atoms with Gasteiger partial charge in [0.25, 0.3) is 0 Å². The normalized spacial score (nSPS) is 16.4. The van der Waals surface area contributed by atoms with Gasteiger partial charge in [0, 0.05) is 5.56 Å². The van der Waals surface area contributed by atoms with E-state index in [4.69, 9.17) is 21.4 Å². The fourth-order valence-electron chi connectivity index (χ4n) is 2.13. The van der Waals surface area contributed by atoms with Crippen molar-refractivity contribution in [3.8, 4) is 5.75 Å². The first-order valence-electron chi connectivity index (χ1n) is 6.03. The minimum atomic E-state index is -1.15. The molecule has 2 N–H and O–H groups in total. The molecule has 1 aliphatic heterocycles. The number of carboxylic acid groups (broad SMARTS) is 1. The molecule has 0 amide bonds. The van der Waals surface area contributed by atoms with E-state index in [1.807, 2.05) is 24.3 Å². The average Bonchev–Trinajstić information content (AvgIpc) is 2.84. The number of aromatic nitrogens is 1. The molecular weight excluding hydrogens is 280 g/mol. The molecule has 6 heteroatoms. The summed E-state index contributed by atoms with van der Waals surface area (Å²) in [6.07, 6.45) is 0. The number of carboxylic acids is 1. The molecule has 0 fully saturated rings. The van der Waals surface area contributed by atoms with E-state index in [0.717, 1.165) is 11.3 Å². The van der Waals surface area contributed by atoms with Crippen LogP contribution in [0.15, 0.2) is 36.4 Å². The van der Waals surface area contributed by atoms with Crippen molar-refractivity contribution in [2.45, 2.75) is 6.04 Å². The van der Waals surface area contributed by atoms with E-state index in [2.05, 4.69) is 10.3 Å². The summed E-state index contributed by atoms with van der Waals surface area (Å²) in [4.78, 5) is 15.0. The van der Waals surface area contributed by atoms with Gasteiger partial charge in [-0.2, -0.15) is 0 Å².